The second-order valence-corrected chi connectivity index (χ2v) is 9.66. The molecule has 3 aromatic rings. The van der Waals surface area contributed by atoms with Gasteiger partial charge in [0.05, 0.1) is 36.9 Å². The van der Waals surface area contributed by atoms with Crippen LogP contribution >= 0.6 is 0 Å². The number of piperidine rings is 1. The van der Waals surface area contributed by atoms with Crippen LogP contribution in [0.2, 0.25) is 0 Å². The first kappa shape index (κ1) is 25.1. The number of amides is 1. The summed E-state index contributed by atoms with van der Waals surface area (Å²) in [4.78, 5) is 19.7. The van der Waals surface area contributed by atoms with Crippen molar-refractivity contribution >= 4 is 12.0 Å². The number of aromatic nitrogens is 2. The van der Waals surface area contributed by atoms with Crippen molar-refractivity contribution in [2.24, 2.45) is 0 Å². The lowest BCUT2D eigenvalue weighted by molar-refractivity contribution is -0.136. The van der Waals surface area contributed by atoms with Crippen LogP contribution in [0.15, 0.2) is 54.5 Å². The van der Waals surface area contributed by atoms with Gasteiger partial charge >= 0.3 is 0 Å². The molecule has 2 fully saturated rings. The maximum Gasteiger partial charge on any atom is 0.250 e. The van der Waals surface area contributed by atoms with Crippen LogP contribution < -0.4 is 4.74 Å². The third kappa shape index (κ3) is 5.14. The number of benzene rings is 2. The molecule has 0 bridgehead atoms. The minimum absolute atomic E-state index is 0.0601. The minimum Gasteiger partial charge on any atom is -0.495 e. The molecule has 2 aliphatic heterocycles. The van der Waals surface area contributed by atoms with E-state index < -0.39 is 17.7 Å². The van der Waals surface area contributed by atoms with E-state index in [9.17, 15) is 18.8 Å². The zero-order chi connectivity index (χ0) is 26.1. The third-order valence-electron chi connectivity index (χ3n) is 7.23. The fourth-order valence-electron chi connectivity index (χ4n) is 5.37. The maximum absolute atomic E-state index is 13.8. The first-order valence-electron chi connectivity index (χ1n) is 12.4. The topological polar surface area (TPSA) is 70.8 Å². The van der Waals surface area contributed by atoms with Gasteiger partial charge in [-0.25, -0.2) is 13.8 Å². The van der Waals surface area contributed by atoms with E-state index in [1.54, 1.807) is 13.4 Å². The predicted octanol–water partition coefficient (Wildman–Crippen LogP) is 4.55. The van der Waals surface area contributed by atoms with Gasteiger partial charge in [0.25, 0.3) is 0 Å². The summed E-state index contributed by atoms with van der Waals surface area (Å²) in [7, 11) is 1.61. The zero-order valence-corrected chi connectivity index (χ0v) is 20.9. The molecular formula is C28H30F2N4O3. The molecule has 1 N–H and O–H groups in total. The Morgan fingerprint density at radius 1 is 1.16 bits per heavy atom. The number of methoxy groups -OCH3 is 1. The first-order chi connectivity index (χ1) is 17.8. The summed E-state index contributed by atoms with van der Waals surface area (Å²) in [5.74, 6) is -1.21. The van der Waals surface area contributed by atoms with Gasteiger partial charge in [0.1, 0.15) is 5.75 Å². The fraction of sp³-hybridized carbons (Fsp3) is 0.357. The summed E-state index contributed by atoms with van der Waals surface area (Å²) in [6.45, 7) is 2.92. The van der Waals surface area contributed by atoms with Crippen LogP contribution in [0.25, 0.3) is 11.8 Å². The highest BCUT2D eigenvalue weighted by molar-refractivity contribution is 5.98. The highest BCUT2D eigenvalue weighted by Gasteiger charge is 2.41. The smallest absolute Gasteiger partial charge is 0.250 e. The average molecular weight is 509 g/mol. The Morgan fingerprint density at radius 3 is 2.73 bits per heavy atom. The summed E-state index contributed by atoms with van der Waals surface area (Å²) in [6.07, 6.45) is 7.93. The van der Waals surface area contributed by atoms with Crippen LogP contribution in [0.1, 0.15) is 36.1 Å². The van der Waals surface area contributed by atoms with E-state index in [4.69, 9.17) is 4.74 Å². The first-order valence-corrected chi connectivity index (χ1v) is 12.4. The highest BCUT2D eigenvalue weighted by Crippen LogP contribution is 2.31. The van der Waals surface area contributed by atoms with E-state index in [0.29, 0.717) is 49.2 Å². The Labute approximate surface area is 214 Å². The summed E-state index contributed by atoms with van der Waals surface area (Å²) in [5.41, 5.74) is 3.89. The van der Waals surface area contributed by atoms with Crippen LogP contribution in [-0.2, 0) is 11.2 Å². The van der Waals surface area contributed by atoms with E-state index in [-0.39, 0.29) is 11.9 Å². The number of aryl methyl sites for hydroxylation is 1. The van der Waals surface area contributed by atoms with Crippen molar-refractivity contribution in [1.29, 1.82) is 0 Å². The number of hydroxylamine groups is 2. The highest BCUT2D eigenvalue weighted by atomic mass is 19.2. The predicted molar refractivity (Wildman–Crippen MR) is 135 cm³/mol. The molecule has 1 amide bonds. The van der Waals surface area contributed by atoms with Gasteiger partial charge in [0, 0.05) is 24.9 Å². The van der Waals surface area contributed by atoms with Gasteiger partial charge in [-0.05, 0) is 74.1 Å². The normalized spacial score (nSPS) is 21.7. The Bertz CT molecular complexity index is 1340. The molecule has 0 spiro atoms. The van der Waals surface area contributed by atoms with Crippen molar-refractivity contribution in [1.82, 2.24) is 19.5 Å². The van der Waals surface area contributed by atoms with Gasteiger partial charge in [0.15, 0.2) is 11.6 Å². The molecule has 5 rings (SSSR count). The number of carbonyl (C=O) groups excluding carboxylic acids is 1. The van der Waals surface area contributed by atoms with E-state index >= 15 is 0 Å². The lowest BCUT2D eigenvalue weighted by atomic mass is 9.94. The molecule has 0 unspecified atom stereocenters. The summed E-state index contributed by atoms with van der Waals surface area (Å²) >= 11 is 0. The molecule has 194 valence electrons. The number of nitrogens with zero attached hydrogens (tertiary/aromatic N) is 4. The van der Waals surface area contributed by atoms with Crippen molar-refractivity contribution < 1.29 is 23.5 Å². The summed E-state index contributed by atoms with van der Waals surface area (Å²) in [5, 5.41) is 11.8. The molecule has 0 saturated carbocycles. The second-order valence-electron chi connectivity index (χ2n) is 9.66. The van der Waals surface area contributed by atoms with Gasteiger partial charge < -0.3 is 19.4 Å². The number of hydrogen-bond donors (Lipinski definition) is 1. The average Bonchev–Trinajstić information content (AvgIpc) is 3.48. The SMILES string of the molecule is COc1cc(/C=C2\CCCN([C@@H]3CCN(O)[C@@H]3Cc3ccc(F)c(F)c3)C2=O)ccc1-n1cnc(C)c1. The van der Waals surface area contributed by atoms with E-state index in [1.807, 2.05) is 46.9 Å². The number of halogens is 2. The molecule has 2 aliphatic rings. The van der Waals surface area contributed by atoms with Crippen molar-refractivity contribution in [3.8, 4) is 11.4 Å². The number of ether oxygens (including phenoxy) is 1. The number of imidazole rings is 1. The molecule has 0 radical (unpaired) electrons. The zero-order valence-electron chi connectivity index (χ0n) is 20.9. The van der Waals surface area contributed by atoms with Gasteiger partial charge in [-0.2, -0.15) is 5.06 Å². The molecule has 2 atom stereocenters. The van der Waals surface area contributed by atoms with E-state index in [1.165, 1.54) is 11.1 Å². The Morgan fingerprint density at radius 2 is 2.00 bits per heavy atom. The Hall–Kier alpha value is -3.56. The largest absolute Gasteiger partial charge is 0.495 e. The van der Waals surface area contributed by atoms with Crippen molar-refractivity contribution in [3.05, 3.63) is 83.0 Å². The molecule has 7 nitrogen and oxygen atoms in total. The summed E-state index contributed by atoms with van der Waals surface area (Å²) < 4.78 is 34.6. The summed E-state index contributed by atoms with van der Waals surface area (Å²) in [6, 6.07) is 8.94. The number of likely N-dealkylation sites (tertiary alicyclic amines) is 1. The quantitative estimate of drug-likeness (QED) is 0.495. The number of carbonyl (C=O) groups is 1. The molecular weight excluding hydrogens is 478 g/mol. The lowest BCUT2D eigenvalue weighted by Crippen LogP contribution is -2.50. The van der Waals surface area contributed by atoms with Gasteiger partial charge in [-0.1, -0.05) is 12.1 Å². The standard InChI is InChI=1S/C28H30F2N4O3/c1-18-16-32(17-31-18)25-8-6-19(15-27(25)37-2)12-21-4-3-10-33(28(21)35)24-9-11-34(36)26(24)14-20-5-7-22(29)23(30)13-20/h5-8,12-13,15-17,24,26,36H,3-4,9-11,14H2,1-2H3/b21-12+/t24-,26-/m1/s1. The molecule has 1 aromatic heterocycles. The van der Waals surface area contributed by atoms with Crippen molar-refractivity contribution in [3.63, 3.8) is 0 Å². The Kier molecular flexibility index (Phi) is 7.08. The third-order valence-corrected chi connectivity index (χ3v) is 7.23. The molecule has 2 saturated heterocycles. The number of rotatable bonds is 6. The molecule has 0 aliphatic carbocycles. The van der Waals surface area contributed by atoms with Gasteiger partial charge in [-0.15, -0.1) is 0 Å². The lowest BCUT2D eigenvalue weighted by Gasteiger charge is -2.37. The van der Waals surface area contributed by atoms with Gasteiger partial charge in [0.2, 0.25) is 5.91 Å². The monoisotopic (exact) mass is 508 g/mol. The molecule has 9 heteroatoms. The van der Waals surface area contributed by atoms with E-state index in [2.05, 4.69) is 4.98 Å². The van der Waals surface area contributed by atoms with E-state index in [0.717, 1.165) is 35.5 Å². The van der Waals surface area contributed by atoms with Crippen LogP contribution in [-0.4, -0.2) is 62.9 Å². The van der Waals surface area contributed by atoms with Crippen molar-refractivity contribution in [2.45, 2.75) is 44.7 Å². The second kappa shape index (κ2) is 10.4. The molecule has 3 heterocycles. The molecule has 37 heavy (non-hydrogen) atoms. The number of hydrogen-bond acceptors (Lipinski definition) is 5. The van der Waals surface area contributed by atoms with Crippen molar-refractivity contribution in [2.75, 3.05) is 20.2 Å². The van der Waals surface area contributed by atoms with Crippen LogP contribution in [0, 0.1) is 18.6 Å². The fourth-order valence-corrected chi connectivity index (χ4v) is 5.37. The Balaban J connectivity index is 1.37. The van der Waals surface area contributed by atoms with Crippen LogP contribution in [0.3, 0.4) is 0 Å². The van der Waals surface area contributed by atoms with Gasteiger partial charge in [-0.3, -0.25) is 4.79 Å². The van der Waals surface area contributed by atoms with Crippen LogP contribution in [0.4, 0.5) is 8.78 Å². The van der Waals surface area contributed by atoms with Crippen LogP contribution in [0.5, 0.6) is 5.75 Å². The maximum atomic E-state index is 13.8. The molecule has 2 aromatic carbocycles. The minimum atomic E-state index is -0.916.